The van der Waals surface area contributed by atoms with Gasteiger partial charge in [0.15, 0.2) is 0 Å². The molecule has 1 aromatic carbocycles. The zero-order chi connectivity index (χ0) is 18.4. The summed E-state index contributed by atoms with van der Waals surface area (Å²) in [6.07, 6.45) is 3.90. The van der Waals surface area contributed by atoms with Crippen LogP contribution in [-0.4, -0.2) is 31.3 Å². The fourth-order valence-corrected chi connectivity index (χ4v) is 2.93. The Bertz CT molecular complexity index is 664. The van der Waals surface area contributed by atoms with Crippen molar-refractivity contribution in [2.24, 2.45) is 5.92 Å². The first-order valence-electron chi connectivity index (χ1n) is 8.30. The van der Waals surface area contributed by atoms with Crippen molar-refractivity contribution in [3.63, 3.8) is 0 Å². The van der Waals surface area contributed by atoms with Gasteiger partial charge in [0.05, 0.1) is 7.11 Å². The van der Waals surface area contributed by atoms with Crippen LogP contribution >= 0.6 is 0 Å². The van der Waals surface area contributed by atoms with Crippen molar-refractivity contribution in [2.45, 2.75) is 38.4 Å². The Morgan fingerprint density at radius 1 is 1.40 bits per heavy atom. The summed E-state index contributed by atoms with van der Waals surface area (Å²) < 4.78 is 16.1. The van der Waals surface area contributed by atoms with Gasteiger partial charge in [-0.25, -0.2) is 9.59 Å². The number of benzene rings is 1. The summed E-state index contributed by atoms with van der Waals surface area (Å²) in [4.78, 5) is 24.7. The Balaban J connectivity index is 2.16. The maximum Gasteiger partial charge on any atom is 0.347 e. The third kappa shape index (κ3) is 4.29. The van der Waals surface area contributed by atoms with Crippen molar-refractivity contribution >= 4 is 11.9 Å². The second-order valence-electron chi connectivity index (χ2n) is 6.09. The van der Waals surface area contributed by atoms with Crippen LogP contribution in [0.3, 0.4) is 0 Å². The number of allylic oxidation sites excluding steroid dienone is 2. The lowest BCUT2D eigenvalue weighted by Gasteiger charge is -2.16. The molecule has 1 heterocycles. The van der Waals surface area contributed by atoms with E-state index in [1.807, 2.05) is 13.0 Å². The number of hydrogen-bond acceptors (Lipinski definition) is 5. The van der Waals surface area contributed by atoms with Gasteiger partial charge in [0.2, 0.25) is 6.10 Å². The quantitative estimate of drug-likeness (QED) is 0.534. The molecule has 0 aliphatic carbocycles. The van der Waals surface area contributed by atoms with Crippen LogP contribution in [0.4, 0.5) is 0 Å². The monoisotopic (exact) mass is 344 g/mol. The second kappa shape index (κ2) is 8.51. The molecule has 0 amide bonds. The zero-order valence-electron chi connectivity index (χ0n) is 14.7. The lowest BCUT2D eigenvalue weighted by Crippen LogP contribution is -2.24. The SMILES string of the molecule is C=CCc1cccc(OC)c1C(=O)O[C@@H]1C[C@@H]([C@@H](C)CC=C)OC1=O. The van der Waals surface area contributed by atoms with Gasteiger partial charge in [-0.3, -0.25) is 0 Å². The molecular weight excluding hydrogens is 320 g/mol. The largest absolute Gasteiger partial charge is 0.496 e. The van der Waals surface area contributed by atoms with Crippen LogP contribution in [0.1, 0.15) is 35.7 Å². The Morgan fingerprint density at radius 3 is 2.80 bits per heavy atom. The summed E-state index contributed by atoms with van der Waals surface area (Å²) in [5, 5.41) is 0. The standard InChI is InChI=1S/C20H24O5/c1-5-8-13(3)16-12-17(19(21)24-16)25-20(22)18-14(9-6-2)10-7-11-15(18)23-4/h5-7,10-11,13,16-17H,1-2,8-9,12H2,3-4H3/t13-,16-,17+/m0/s1. The van der Waals surface area contributed by atoms with E-state index >= 15 is 0 Å². The number of ether oxygens (including phenoxy) is 3. The first-order chi connectivity index (χ1) is 12.0. The Kier molecular flexibility index (Phi) is 6.39. The first-order valence-corrected chi connectivity index (χ1v) is 8.30. The summed E-state index contributed by atoms with van der Waals surface area (Å²) in [7, 11) is 1.49. The van der Waals surface area contributed by atoms with Gasteiger partial charge in [0.25, 0.3) is 0 Å². The number of carbonyl (C=O) groups is 2. The van der Waals surface area contributed by atoms with Crippen molar-refractivity contribution in [3.05, 3.63) is 54.6 Å². The van der Waals surface area contributed by atoms with Gasteiger partial charge in [-0.2, -0.15) is 0 Å². The minimum absolute atomic E-state index is 0.132. The fraction of sp³-hybridized carbons (Fsp3) is 0.400. The van der Waals surface area contributed by atoms with E-state index in [-0.39, 0.29) is 12.0 Å². The molecule has 2 rings (SSSR count). The number of hydrogen-bond donors (Lipinski definition) is 0. The molecule has 0 bridgehead atoms. The van der Waals surface area contributed by atoms with Crippen molar-refractivity contribution in [2.75, 3.05) is 7.11 Å². The Labute approximate surface area is 148 Å². The lowest BCUT2D eigenvalue weighted by atomic mass is 9.98. The molecule has 0 aromatic heterocycles. The molecular formula is C20H24O5. The summed E-state index contributed by atoms with van der Waals surface area (Å²) in [6, 6.07) is 5.29. The predicted octanol–water partition coefficient (Wildman–Crippen LogP) is 3.48. The fourth-order valence-electron chi connectivity index (χ4n) is 2.93. The minimum atomic E-state index is -0.897. The van der Waals surface area contributed by atoms with E-state index < -0.39 is 18.0 Å². The summed E-state index contributed by atoms with van der Waals surface area (Å²) in [5.41, 5.74) is 1.06. The normalized spacial score (nSPS) is 20.5. The zero-order valence-corrected chi connectivity index (χ0v) is 14.7. The van der Waals surface area contributed by atoms with E-state index in [9.17, 15) is 9.59 Å². The molecule has 1 aliphatic rings. The Hall–Kier alpha value is -2.56. The highest BCUT2D eigenvalue weighted by atomic mass is 16.6. The number of rotatable bonds is 8. The molecule has 0 radical (unpaired) electrons. The highest BCUT2D eigenvalue weighted by Gasteiger charge is 2.40. The molecule has 1 saturated heterocycles. The topological polar surface area (TPSA) is 61.8 Å². The van der Waals surface area contributed by atoms with Gasteiger partial charge in [0, 0.05) is 6.42 Å². The van der Waals surface area contributed by atoms with E-state index in [4.69, 9.17) is 14.2 Å². The van der Waals surface area contributed by atoms with Crippen LogP contribution < -0.4 is 4.74 Å². The van der Waals surface area contributed by atoms with Gasteiger partial charge in [-0.05, 0) is 30.4 Å². The molecule has 134 valence electrons. The van der Waals surface area contributed by atoms with Crippen LogP contribution in [0.2, 0.25) is 0 Å². The molecule has 1 fully saturated rings. The van der Waals surface area contributed by atoms with E-state index in [0.717, 1.165) is 12.0 Å². The number of methoxy groups -OCH3 is 1. The summed E-state index contributed by atoms with van der Waals surface area (Å²) in [5.74, 6) is -0.553. The molecule has 0 saturated carbocycles. The maximum atomic E-state index is 12.7. The molecule has 1 aliphatic heterocycles. The van der Waals surface area contributed by atoms with E-state index in [1.54, 1.807) is 24.3 Å². The van der Waals surface area contributed by atoms with Gasteiger partial charge >= 0.3 is 11.9 Å². The maximum absolute atomic E-state index is 12.7. The predicted molar refractivity (Wildman–Crippen MR) is 94.6 cm³/mol. The van der Waals surface area contributed by atoms with Gasteiger partial charge in [0.1, 0.15) is 17.4 Å². The van der Waals surface area contributed by atoms with E-state index in [0.29, 0.717) is 24.2 Å². The summed E-state index contributed by atoms with van der Waals surface area (Å²) in [6.45, 7) is 9.37. The minimum Gasteiger partial charge on any atom is -0.496 e. The van der Waals surface area contributed by atoms with Crippen molar-refractivity contribution < 1.29 is 23.8 Å². The highest BCUT2D eigenvalue weighted by Crippen LogP contribution is 2.29. The molecule has 5 heteroatoms. The van der Waals surface area contributed by atoms with Crippen LogP contribution in [0.15, 0.2) is 43.5 Å². The smallest absolute Gasteiger partial charge is 0.347 e. The first kappa shape index (κ1) is 18.8. The van der Waals surface area contributed by atoms with E-state index in [2.05, 4.69) is 13.2 Å². The lowest BCUT2D eigenvalue weighted by molar-refractivity contribution is -0.148. The third-order valence-corrected chi connectivity index (χ3v) is 4.30. The average molecular weight is 344 g/mol. The van der Waals surface area contributed by atoms with Gasteiger partial charge in [-0.15, -0.1) is 13.2 Å². The van der Waals surface area contributed by atoms with Gasteiger partial charge in [-0.1, -0.05) is 31.2 Å². The van der Waals surface area contributed by atoms with Crippen molar-refractivity contribution in [1.82, 2.24) is 0 Å². The highest BCUT2D eigenvalue weighted by molar-refractivity contribution is 5.96. The number of carbonyl (C=O) groups excluding carboxylic acids is 2. The third-order valence-electron chi connectivity index (χ3n) is 4.30. The van der Waals surface area contributed by atoms with Crippen LogP contribution in [0, 0.1) is 5.92 Å². The Morgan fingerprint density at radius 2 is 2.16 bits per heavy atom. The molecule has 3 atom stereocenters. The van der Waals surface area contributed by atoms with Crippen LogP contribution in [0.25, 0.3) is 0 Å². The van der Waals surface area contributed by atoms with Crippen molar-refractivity contribution in [1.29, 1.82) is 0 Å². The van der Waals surface area contributed by atoms with Crippen LogP contribution in [-0.2, 0) is 20.7 Å². The molecule has 0 N–H and O–H groups in total. The second-order valence-corrected chi connectivity index (χ2v) is 6.09. The van der Waals surface area contributed by atoms with Crippen LogP contribution in [0.5, 0.6) is 5.75 Å². The van der Waals surface area contributed by atoms with Gasteiger partial charge < -0.3 is 14.2 Å². The van der Waals surface area contributed by atoms with E-state index in [1.165, 1.54) is 7.11 Å². The number of cyclic esters (lactones) is 1. The summed E-state index contributed by atoms with van der Waals surface area (Å²) >= 11 is 0. The van der Waals surface area contributed by atoms with Crippen molar-refractivity contribution in [3.8, 4) is 5.75 Å². The molecule has 0 unspecified atom stereocenters. The number of esters is 2. The molecule has 0 spiro atoms. The average Bonchev–Trinajstić information content (AvgIpc) is 2.96. The molecule has 5 nitrogen and oxygen atoms in total. The molecule has 1 aromatic rings. The molecule has 25 heavy (non-hydrogen) atoms.